The highest BCUT2D eigenvalue weighted by Gasteiger charge is 2.16. The summed E-state index contributed by atoms with van der Waals surface area (Å²) < 4.78 is 4.10. The van der Waals surface area contributed by atoms with Gasteiger partial charge in [0, 0.05) is 11.4 Å². The Balaban J connectivity index is 2.10. The van der Waals surface area contributed by atoms with E-state index < -0.39 is 0 Å². The molecule has 0 saturated heterocycles. The van der Waals surface area contributed by atoms with Crippen molar-refractivity contribution in [3.63, 3.8) is 0 Å². The normalized spacial score (nSPS) is 11.8. The lowest BCUT2D eigenvalue weighted by Gasteiger charge is -2.19. The maximum Gasteiger partial charge on any atom is 0.271 e. The van der Waals surface area contributed by atoms with Gasteiger partial charge in [-0.15, -0.1) is 0 Å². The number of hydrogen-bond acceptors (Lipinski definition) is 4. The van der Waals surface area contributed by atoms with Gasteiger partial charge in [0.2, 0.25) is 5.91 Å². The molecule has 1 aromatic heterocycles. The molecule has 6 heteroatoms. The highest BCUT2D eigenvalue weighted by molar-refractivity contribution is 7.05. The molecule has 2 aromatic rings. The van der Waals surface area contributed by atoms with E-state index in [1.165, 1.54) is 23.2 Å². The van der Waals surface area contributed by atoms with E-state index in [1.54, 1.807) is 6.07 Å². The SMILES string of the molecule is C=CC(=O)NC(CNC(=O)c1cc(C)sn1)c1ccc(C(C)C)cc1. The lowest BCUT2D eigenvalue weighted by molar-refractivity contribution is -0.117. The Kier molecular flexibility index (Phi) is 6.47. The van der Waals surface area contributed by atoms with E-state index in [-0.39, 0.29) is 24.4 Å². The first-order chi connectivity index (χ1) is 11.9. The average Bonchev–Trinajstić information content (AvgIpc) is 3.04. The van der Waals surface area contributed by atoms with Crippen molar-refractivity contribution in [2.45, 2.75) is 32.7 Å². The molecule has 25 heavy (non-hydrogen) atoms. The minimum atomic E-state index is -0.338. The number of carbonyl (C=O) groups excluding carboxylic acids is 2. The highest BCUT2D eigenvalue weighted by Crippen LogP contribution is 2.19. The molecule has 2 amide bonds. The second kappa shape index (κ2) is 8.58. The van der Waals surface area contributed by atoms with E-state index in [4.69, 9.17) is 0 Å². The van der Waals surface area contributed by atoms with Crippen LogP contribution in [0.25, 0.3) is 0 Å². The van der Waals surface area contributed by atoms with Gasteiger partial charge >= 0.3 is 0 Å². The van der Waals surface area contributed by atoms with Crippen LogP contribution >= 0.6 is 11.5 Å². The van der Waals surface area contributed by atoms with Gasteiger partial charge in [-0.3, -0.25) is 9.59 Å². The van der Waals surface area contributed by atoms with Gasteiger partial charge in [0.15, 0.2) is 0 Å². The van der Waals surface area contributed by atoms with Crippen molar-refractivity contribution >= 4 is 23.3 Å². The van der Waals surface area contributed by atoms with Gasteiger partial charge in [0.05, 0.1) is 6.04 Å². The molecular formula is C19H23N3O2S. The number of nitrogens with zero attached hydrogens (tertiary/aromatic N) is 1. The van der Waals surface area contributed by atoms with Crippen molar-refractivity contribution in [2.24, 2.45) is 0 Å². The summed E-state index contributed by atoms with van der Waals surface area (Å²) >= 11 is 1.29. The molecule has 0 saturated carbocycles. The molecule has 1 atom stereocenters. The third-order valence-electron chi connectivity index (χ3n) is 3.83. The van der Waals surface area contributed by atoms with Crippen LogP contribution in [0.2, 0.25) is 0 Å². The molecule has 0 aliphatic rings. The van der Waals surface area contributed by atoms with Gasteiger partial charge in [-0.05, 0) is 47.6 Å². The Bertz CT molecular complexity index is 750. The van der Waals surface area contributed by atoms with E-state index in [0.717, 1.165) is 10.4 Å². The van der Waals surface area contributed by atoms with E-state index in [1.807, 2.05) is 31.2 Å². The zero-order chi connectivity index (χ0) is 18.4. The first kappa shape index (κ1) is 18.9. The number of benzene rings is 1. The Hall–Kier alpha value is -2.47. The molecule has 1 heterocycles. The first-order valence-electron chi connectivity index (χ1n) is 8.15. The maximum absolute atomic E-state index is 12.2. The molecule has 1 aromatic carbocycles. The smallest absolute Gasteiger partial charge is 0.271 e. The summed E-state index contributed by atoms with van der Waals surface area (Å²) in [5.74, 6) is -0.0967. The quantitative estimate of drug-likeness (QED) is 0.747. The van der Waals surface area contributed by atoms with Crippen LogP contribution in [0, 0.1) is 6.92 Å². The van der Waals surface area contributed by atoms with Crippen molar-refractivity contribution in [3.05, 3.63) is 64.7 Å². The minimum Gasteiger partial charge on any atom is -0.348 e. The van der Waals surface area contributed by atoms with Gasteiger partial charge in [-0.25, -0.2) is 0 Å². The molecule has 0 fully saturated rings. The Labute approximate surface area is 152 Å². The summed E-state index contributed by atoms with van der Waals surface area (Å²) in [5, 5.41) is 5.69. The summed E-state index contributed by atoms with van der Waals surface area (Å²) in [6, 6.07) is 9.44. The second-order valence-electron chi connectivity index (χ2n) is 6.12. The van der Waals surface area contributed by atoms with Crippen molar-refractivity contribution in [1.29, 1.82) is 0 Å². The number of carbonyl (C=O) groups is 2. The van der Waals surface area contributed by atoms with Crippen LogP contribution in [0.5, 0.6) is 0 Å². The molecule has 2 N–H and O–H groups in total. The maximum atomic E-state index is 12.2. The van der Waals surface area contributed by atoms with E-state index >= 15 is 0 Å². The zero-order valence-corrected chi connectivity index (χ0v) is 15.5. The van der Waals surface area contributed by atoms with Gasteiger partial charge in [-0.2, -0.15) is 4.37 Å². The van der Waals surface area contributed by atoms with E-state index in [2.05, 4.69) is 35.4 Å². The van der Waals surface area contributed by atoms with Crippen molar-refractivity contribution in [3.8, 4) is 0 Å². The molecular weight excluding hydrogens is 334 g/mol. The molecule has 5 nitrogen and oxygen atoms in total. The molecule has 0 spiro atoms. The minimum absolute atomic E-state index is 0.249. The molecule has 1 unspecified atom stereocenters. The fraction of sp³-hybridized carbons (Fsp3) is 0.316. The Morgan fingerprint density at radius 1 is 1.24 bits per heavy atom. The fourth-order valence-electron chi connectivity index (χ4n) is 2.35. The molecule has 0 bridgehead atoms. The zero-order valence-electron chi connectivity index (χ0n) is 14.7. The average molecular weight is 357 g/mol. The topological polar surface area (TPSA) is 71.1 Å². The summed E-state index contributed by atoms with van der Waals surface area (Å²) in [5.41, 5.74) is 2.54. The monoisotopic (exact) mass is 357 g/mol. The molecule has 2 rings (SSSR count). The van der Waals surface area contributed by atoms with E-state index in [0.29, 0.717) is 11.6 Å². The fourth-order valence-corrected chi connectivity index (χ4v) is 2.90. The first-order valence-corrected chi connectivity index (χ1v) is 8.92. The van der Waals surface area contributed by atoms with Crippen molar-refractivity contribution in [1.82, 2.24) is 15.0 Å². The number of hydrogen-bond donors (Lipinski definition) is 2. The van der Waals surface area contributed by atoms with Gasteiger partial charge in [0.25, 0.3) is 5.91 Å². The highest BCUT2D eigenvalue weighted by atomic mass is 32.1. The Morgan fingerprint density at radius 2 is 1.88 bits per heavy atom. The number of aryl methyl sites for hydroxylation is 1. The summed E-state index contributed by atoms with van der Waals surface area (Å²) in [6.45, 7) is 9.91. The standard InChI is InChI=1S/C19H23N3O2S/c1-5-18(23)21-17(15-8-6-14(7-9-15)12(2)3)11-20-19(24)16-10-13(4)25-22-16/h5-10,12,17H,1,11H2,2-4H3,(H,20,24)(H,21,23). The van der Waals surface area contributed by atoms with Crippen LogP contribution in [0.3, 0.4) is 0 Å². The van der Waals surface area contributed by atoms with Crippen LogP contribution in [-0.4, -0.2) is 22.7 Å². The third-order valence-corrected chi connectivity index (χ3v) is 4.53. The van der Waals surface area contributed by atoms with Crippen LogP contribution < -0.4 is 10.6 Å². The second-order valence-corrected chi connectivity index (χ2v) is 7.13. The van der Waals surface area contributed by atoms with Crippen LogP contribution in [0.1, 0.15) is 52.3 Å². The van der Waals surface area contributed by atoms with E-state index in [9.17, 15) is 9.59 Å². The largest absolute Gasteiger partial charge is 0.348 e. The Morgan fingerprint density at radius 3 is 2.40 bits per heavy atom. The predicted octanol–water partition coefficient (Wildman–Crippen LogP) is 3.35. The lowest BCUT2D eigenvalue weighted by Crippen LogP contribution is -2.37. The number of nitrogens with one attached hydrogen (secondary N) is 2. The summed E-state index contributed by atoms with van der Waals surface area (Å²) in [7, 11) is 0. The van der Waals surface area contributed by atoms with Crippen molar-refractivity contribution < 1.29 is 9.59 Å². The third kappa shape index (κ3) is 5.26. The van der Waals surface area contributed by atoms with Crippen LogP contribution in [0.15, 0.2) is 43.0 Å². The van der Waals surface area contributed by atoms with Crippen molar-refractivity contribution in [2.75, 3.05) is 6.54 Å². The molecule has 0 aliphatic carbocycles. The molecule has 132 valence electrons. The lowest BCUT2D eigenvalue weighted by atomic mass is 9.99. The van der Waals surface area contributed by atoms with Crippen LogP contribution in [0.4, 0.5) is 0 Å². The molecule has 0 radical (unpaired) electrons. The predicted molar refractivity (Wildman–Crippen MR) is 101 cm³/mol. The van der Waals surface area contributed by atoms with Gasteiger partial charge in [0.1, 0.15) is 5.69 Å². The summed E-state index contributed by atoms with van der Waals surface area (Å²) in [4.78, 5) is 24.9. The number of amides is 2. The van der Waals surface area contributed by atoms with Crippen LogP contribution in [-0.2, 0) is 4.79 Å². The van der Waals surface area contributed by atoms with Gasteiger partial charge < -0.3 is 10.6 Å². The molecule has 0 aliphatic heterocycles. The summed E-state index contributed by atoms with van der Waals surface area (Å²) in [6.07, 6.45) is 1.22. The number of rotatable bonds is 7. The van der Waals surface area contributed by atoms with Gasteiger partial charge in [-0.1, -0.05) is 44.7 Å². The number of aromatic nitrogens is 1.